The van der Waals surface area contributed by atoms with Gasteiger partial charge in [-0.15, -0.1) is 5.10 Å². The van der Waals surface area contributed by atoms with Gasteiger partial charge < -0.3 is 0 Å². The lowest BCUT2D eigenvalue weighted by atomic mass is 10.1. The summed E-state index contributed by atoms with van der Waals surface area (Å²) in [4.78, 5) is 10.2. The Balaban J connectivity index is 2.09. The molecule has 0 atom stereocenters. The molecule has 3 rings (SSSR count). The summed E-state index contributed by atoms with van der Waals surface area (Å²) in [6.45, 7) is 0. The first-order valence-corrected chi connectivity index (χ1v) is 6.93. The molecule has 22 heavy (non-hydrogen) atoms. The van der Waals surface area contributed by atoms with Crippen LogP contribution in [0.5, 0.6) is 0 Å². The summed E-state index contributed by atoms with van der Waals surface area (Å²) in [5.41, 5.74) is 1.96. The van der Waals surface area contributed by atoms with Crippen molar-refractivity contribution in [3.05, 3.63) is 68.8 Å². The van der Waals surface area contributed by atoms with Crippen molar-refractivity contribution in [2.24, 2.45) is 0 Å². The molecular weight excluding hydrogens is 327 g/mol. The second-order valence-electron chi connectivity index (χ2n) is 4.43. The van der Waals surface area contributed by atoms with Gasteiger partial charge in [0.15, 0.2) is 0 Å². The van der Waals surface area contributed by atoms with Gasteiger partial charge in [-0.3, -0.25) is 10.1 Å². The van der Waals surface area contributed by atoms with E-state index in [1.54, 1.807) is 41.2 Å². The van der Waals surface area contributed by atoms with E-state index < -0.39 is 4.92 Å². The maximum Gasteiger partial charge on any atom is 0.269 e. The molecule has 0 spiro atoms. The fourth-order valence-electron chi connectivity index (χ4n) is 2.02. The van der Waals surface area contributed by atoms with Crippen molar-refractivity contribution in [1.82, 2.24) is 15.0 Å². The molecule has 0 saturated carbocycles. The molecule has 0 N–H and O–H groups in total. The normalized spacial score (nSPS) is 10.6. The van der Waals surface area contributed by atoms with Crippen LogP contribution in [0.1, 0.15) is 0 Å². The van der Waals surface area contributed by atoms with Crippen LogP contribution in [0.3, 0.4) is 0 Å². The van der Waals surface area contributed by atoms with Gasteiger partial charge in [0.05, 0.1) is 27.5 Å². The van der Waals surface area contributed by atoms with E-state index in [0.717, 1.165) is 0 Å². The van der Waals surface area contributed by atoms with E-state index in [1.165, 1.54) is 12.1 Å². The van der Waals surface area contributed by atoms with Gasteiger partial charge in [0.1, 0.15) is 0 Å². The first kappa shape index (κ1) is 14.5. The number of non-ortho nitro benzene ring substituents is 1. The standard InChI is InChI=1S/C14H8Cl2N4O2/c15-9-1-6-13(16)12(7-9)14-8-17-18-19(14)10-2-4-11(5-3-10)20(21)22/h1-8H. The zero-order valence-corrected chi connectivity index (χ0v) is 12.5. The number of nitrogens with zero attached hydrogens (tertiary/aromatic N) is 4. The molecule has 0 amide bonds. The monoisotopic (exact) mass is 334 g/mol. The van der Waals surface area contributed by atoms with E-state index in [9.17, 15) is 10.1 Å². The molecule has 0 saturated heterocycles. The summed E-state index contributed by atoms with van der Waals surface area (Å²) in [5.74, 6) is 0. The number of benzene rings is 2. The summed E-state index contributed by atoms with van der Waals surface area (Å²) in [6.07, 6.45) is 1.55. The van der Waals surface area contributed by atoms with Crippen LogP contribution in [0, 0.1) is 10.1 Å². The summed E-state index contributed by atoms with van der Waals surface area (Å²) in [5, 5.41) is 19.6. The molecule has 3 aromatic rings. The smallest absolute Gasteiger partial charge is 0.258 e. The van der Waals surface area contributed by atoms with Gasteiger partial charge in [0, 0.05) is 22.7 Å². The highest BCUT2D eigenvalue weighted by Crippen LogP contribution is 2.31. The SMILES string of the molecule is O=[N+]([O-])c1ccc(-n2nncc2-c2cc(Cl)ccc2Cl)cc1. The first-order valence-electron chi connectivity index (χ1n) is 6.17. The van der Waals surface area contributed by atoms with Crippen LogP contribution in [-0.4, -0.2) is 19.9 Å². The number of hydrogen-bond donors (Lipinski definition) is 0. The van der Waals surface area contributed by atoms with Crippen molar-refractivity contribution in [3.8, 4) is 16.9 Å². The fourth-order valence-corrected chi connectivity index (χ4v) is 2.41. The molecule has 8 heteroatoms. The number of nitro benzene ring substituents is 1. The Kier molecular flexibility index (Phi) is 3.79. The topological polar surface area (TPSA) is 73.8 Å². The summed E-state index contributed by atoms with van der Waals surface area (Å²) in [6, 6.07) is 11.1. The molecule has 2 aromatic carbocycles. The highest BCUT2D eigenvalue weighted by molar-refractivity contribution is 6.35. The number of rotatable bonds is 3. The average Bonchev–Trinajstić information content (AvgIpc) is 2.99. The number of aromatic nitrogens is 3. The fraction of sp³-hybridized carbons (Fsp3) is 0. The van der Waals surface area contributed by atoms with Crippen LogP contribution >= 0.6 is 23.2 Å². The van der Waals surface area contributed by atoms with Crippen LogP contribution in [0.25, 0.3) is 16.9 Å². The Morgan fingerprint density at radius 3 is 2.50 bits per heavy atom. The Labute approximate surface area is 135 Å². The maximum absolute atomic E-state index is 10.7. The molecule has 0 aliphatic rings. The van der Waals surface area contributed by atoms with Gasteiger partial charge in [-0.2, -0.15) is 0 Å². The number of hydrogen-bond acceptors (Lipinski definition) is 4. The van der Waals surface area contributed by atoms with Gasteiger partial charge in [0.2, 0.25) is 0 Å². The van der Waals surface area contributed by atoms with E-state index in [0.29, 0.717) is 27.0 Å². The molecule has 1 heterocycles. The van der Waals surface area contributed by atoms with E-state index in [1.807, 2.05) is 0 Å². The van der Waals surface area contributed by atoms with Crippen LogP contribution in [0.2, 0.25) is 10.0 Å². The third-order valence-corrected chi connectivity index (χ3v) is 3.62. The molecule has 0 aliphatic carbocycles. The predicted octanol–water partition coefficient (Wildman–Crippen LogP) is 4.15. The lowest BCUT2D eigenvalue weighted by Gasteiger charge is -2.08. The number of nitro groups is 1. The van der Waals surface area contributed by atoms with E-state index in [4.69, 9.17) is 23.2 Å². The van der Waals surface area contributed by atoms with E-state index in [-0.39, 0.29) is 5.69 Å². The minimum Gasteiger partial charge on any atom is -0.258 e. The largest absolute Gasteiger partial charge is 0.269 e. The quantitative estimate of drug-likeness (QED) is 0.532. The van der Waals surface area contributed by atoms with Crippen molar-refractivity contribution in [1.29, 1.82) is 0 Å². The van der Waals surface area contributed by atoms with Crippen LogP contribution in [0.4, 0.5) is 5.69 Å². The molecule has 0 aliphatic heterocycles. The number of halogens is 2. The maximum atomic E-state index is 10.7. The van der Waals surface area contributed by atoms with Crippen molar-refractivity contribution in [2.45, 2.75) is 0 Å². The van der Waals surface area contributed by atoms with Crippen molar-refractivity contribution in [2.75, 3.05) is 0 Å². The van der Waals surface area contributed by atoms with Gasteiger partial charge in [-0.25, -0.2) is 4.68 Å². The predicted molar refractivity (Wildman–Crippen MR) is 83.5 cm³/mol. The lowest BCUT2D eigenvalue weighted by Crippen LogP contribution is -2.00. The van der Waals surface area contributed by atoms with Gasteiger partial charge in [-0.05, 0) is 30.3 Å². The zero-order chi connectivity index (χ0) is 15.7. The van der Waals surface area contributed by atoms with Gasteiger partial charge in [0.25, 0.3) is 5.69 Å². The van der Waals surface area contributed by atoms with Gasteiger partial charge >= 0.3 is 0 Å². The first-order chi connectivity index (χ1) is 10.6. The minimum absolute atomic E-state index is 0.00574. The molecular formula is C14H8Cl2N4O2. The van der Waals surface area contributed by atoms with Crippen LogP contribution in [0.15, 0.2) is 48.7 Å². The summed E-state index contributed by atoms with van der Waals surface area (Å²) >= 11 is 12.2. The van der Waals surface area contributed by atoms with Gasteiger partial charge in [-0.1, -0.05) is 28.4 Å². The Hall–Kier alpha value is -2.44. The summed E-state index contributed by atoms with van der Waals surface area (Å²) in [7, 11) is 0. The molecule has 0 radical (unpaired) electrons. The van der Waals surface area contributed by atoms with E-state index >= 15 is 0 Å². The molecule has 1 aromatic heterocycles. The highest BCUT2D eigenvalue weighted by Gasteiger charge is 2.13. The Bertz CT molecular complexity index is 846. The zero-order valence-electron chi connectivity index (χ0n) is 11.0. The summed E-state index contributed by atoms with van der Waals surface area (Å²) < 4.78 is 1.54. The third kappa shape index (κ3) is 2.66. The second-order valence-corrected chi connectivity index (χ2v) is 5.27. The van der Waals surface area contributed by atoms with Crippen LogP contribution in [-0.2, 0) is 0 Å². The average molecular weight is 335 g/mol. The Morgan fingerprint density at radius 2 is 1.82 bits per heavy atom. The Morgan fingerprint density at radius 1 is 1.09 bits per heavy atom. The lowest BCUT2D eigenvalue weighted by molar-refractivity contribution is -0.384. The van der Waals surface area contributed by atoms with E-state index in [2.05, 4.69) is 10.3 Å². The third-order valence-electron chi connectivity index (χ3n) is 3.06. The minimum atomic E-state index is -0.458. The molecule has 0 bridgehead atoms. The highest BCUT2D eigenvalue weighted by atomic mass is 35.5. The molecule has 0 fully saturated rings. The second kappa shape index (κ2) is 5.75. The van der Waals surface area contributed by atoms with Crippen molar-refractivity contribution >= 4 is 28.9 Å². The molecule has 0 unspecified atom stereocenters. The molecule has 110 valence electrons. The van der Waals surface area contributed by atoms with Crippen molar-refractivity contribution in [3.63, 3.8) is 0 Å². The molecule has 6 nitrogen and oxygen atoms in total. The van der Waals surface area contributed by atoms with Crippen LogP contribution < -0.4 is 0 Å². The van der Waals surface area contributed by atoms with Crippen molar-refractivity contribution < 1.29 is 4.92 Å².